The summed E-state index contributed by atoms with van der Waals surface area (Å²) in [5.41, 5.74) is 2.36. The van der Waals surface area contributed by atoms with E-state index in [9.17, 15) is 29.4 Å². The van der Waals surface area contributed by atoms with E-state index >= 15 is 0 Å². The van der Waals surface area contributed by atoms with Crippen LogP contribution in [0.4, 0.5) is 0 Å². The number of esters is 2. The zero-order valence-corrected chi connectivity index (χ0v) is 45.5. The maximum absolute atomic E-state index is 11.6. The molecule has 0 radical (unpaired) electrons. The van der Waals surface area contributed by atoms with Gasteiger partial charge in [-0.3, -0.25) is 9.59 Å². The second kappa shape index (κ2) is 44.3. The number of rotatable bonds is 40. The monoisotopic (exact) mass is 1030 g/mol. The quantitative estimate of drug-likeness (QED) is 0.0358. The van der Waals surface area contributed by atoms with Gasteiger partial charge < -0.3 is 38.7 Å². The van der Waals surface area contributed by atoms with E-state index in [0.717, 1.165) is 116 Å². The van der Waals surface area contributed by atoms with Gasteiger partial charge in [0, 0.05) is 25.8 Å². The molecule has 0 aliphatic carbocycles. The summed E-state index contributed by atoms with van der Waals surface area (Å²) in [6, 6.07) is 20.5. The molecule has 0 saturated heterocycles. The van der Waals surface area contributed by atoms with Gasteiger partial charge in [0.15, 0.2) is 0 Å². The predicted molar refractivity (Wildman–Crippen MR) is 258 cm³/mol. The fourth-order valence-corrected chi connectivity index (χ4v) is 7.88. The molecule has 10 nitrogen and oxygen atoms in total. The molecule has 2 rings (SSSR count). The van der Waals surface area contributed by atoms with Gasteiger partial charge in [0.25, 0.3) is 0 Å². The average Bonchev–Trinajstić information content (AvgIpc) is 3.27. The Balaban J connectivity index is 0.00000124. The molecule has 0 fully saturated rings. The Bertz CT molecular complexity index is 1320. The molecule has 11 heteroatoms. The normalized spacial score (nSPS) is 12.7. The van der Waals surface area contributed by atoms with Crippen molar-refractivity contribution in [2.24, 2.45) is 0 Å². The summed E-state index contributed by atoms with van der Waals surface area (Å²) < 4.78 is 23.7. The Kier molecular flexibility index (Phi) is 42.8. The molecule has 2 aromatic carbocycles. The van der Waals surface area contributed by atoms with Crippen molar-refractivity contribution < 1.29 is 48.3 Å². The Labute approximate surface area is 434 Å². The minimum atomic E-state index is -0.973. The van der Waals surface area contributed by atoms with Crippen LogP contribution in [0.2, 0.25) is 0 Å². The van der Waals surface area contributed by atoms with Gasteiger partial charge in [0.1, 0.15) is 12.2 Å². The molecule has 0 saturated carbocycles. The van der Waals surface area contributed by atoms with Crippen molar-refractivity contribution in [2.45, 2.75) is 245 Å². The molecule has 4 unspecified atom stereocenters. The number of ether oxygens (including phenoxy) is 4. The second-order valence-electron chi connectivity index (χ2n) is 17.5. The summed E-state index contributed by atoms with van der Waals surface area (Å²) in [5.74, 6) is -2.40. The van der Waals surface area contributed by atoms with E-state index in [1.54, 1.807) is 0 Å². The molecule has 0 aliphatic rings. The molecule has 0 heterocycles. The SMILES string of the molecule is CCCCCCC(CCC(CCCCCCCC(=O)[O-])OC(C)=O)OCc1ccccc1.CCCCCCC(CCC(CCCCCCCC(=O)[O-])OC(C)=O)OCc1ccccc1.[Ba+2]. The summed E-state index contributed by atoms with van der Waals surface area (Å²) in [5, 5.41) is 20.9. The van der Waals surface area contributed by atoms with E-state index in [-0.39, 0.29) is 98.1 Å². The van der Waals surface area contributed by atoms with E-state index in [1.807, 2.05) is 36.4 Å². The maximum atomic E-state index is 11.6. The van der Waals surface area contributed by atoms with Crippen LogP contribution in [0.1, 0.15) is 219 Å². The van der Waals surface area contributed by atoms with Crippen LogP contribution < -0.4 is 10.2 Å². The van der Waals surface area contributed by atoms with Gasteiger partial charge in [0.2, 0.25) is 0 Å². The molecule has 4 atom stereocenters. The molecule has 0 aliphatic heterocycles. The fourth-order valence-electron chi connectivity index (χ4n) is 7.88. The second-order valence-corrected chi connectivity index (χ2v) is 17.5. The molecular weight excluding hydrogens is 946 g/mol. The number of carboxylic acid groups (broad SMARTS) is 2. The van der Waals surface area contributed by atoms with Crippen LogP contribution in [0.5, 0.6) is 0 Å². The Morgan fingerprint density at radius 2 is 0.708 bits per heavy atom. The minimum absolute atomic E-state index is 0. The smallest absolute Gasteiger partial charge is 0.550 e. The molecule has 2 aromatic rings. The molecule has 0 N–H and O–H groups in total. The zero-order valence-electron chi connectivity index (χ0n) is 41.1. The van der Waals surface area contributed by atoms with Crippen molar-refractivity contribution in [3.05, 3.63) is 71.8 Å². The number of unbranched alkanes of at least 4 members (excludes halogenated alkanes) is 14. The van der Waals surface area contributed by atoms with Crippen LogP contribution in [0.3, 0.4) is 0 Å². The zero-order chi connectivity index (χ0) is 46.9. The molecule has 65 heavy (non-hydrogen) atoms. The van der Waals surface area contributed by atoms with Gasteiger partial charge in [-0.2, -0.15) is 0 Å². The summed E-state index contributed by atoms with van der Waals surface area (Å²) >= 11 is 0. The molecular formula is C54H86BaO10. The third-order valence-corrected chi connectivity index (χ3v) is 11.5. The summed E-state index contributed by atoms with van der Waals surface area (Å²) in [4.78, 5) is 44.1. The number of hydrogen-bond donors (Lipinski definition) is 0. The van der Waals surface area contributed by atoms with Crippen LogP contribution in [0.15, 0.2) is 60.7 Å². The number of carboxylic acids is 2. The maximum Gasteiger partial charge on any atom is 2.00 e. The number of hydrogen-bond acceptors (Lipinski definition) is 10. The van der Waals surface area contributed by atoms with E-state index in [4.69, 9.17) is 18.9 Å². The first-order valence-electron chi connectivity index (χ1n) is 25.1. The third-order valence-electron chi connectivity index (χ3n) is 11.5. The Morgan fingerprint density at radius 3 is 1.03 bits per heavy atom. The Hall–Kier alpha value is -2.19. The molecule has 0 amide bonds. The first-order valence-corrected chi connectivity index (χ1v) is 25.1. The fraction of sp³-hybridized carbons (Fsp3) is 0.704. The Morgan fingerprint density at radius 1 is 0.415 bits per heavy atom. The van der Waals surface area contributed by atoms with E-state index in [1.165, 1.54) is 63.5 Å². The molecule has 0 aromatic heterocycles. The third kappa shape index (κ3) is 40.6. The van der Waals surface area contributed by atoms with Crippen LogP contribution >= 0.6 is 0 Å². The van der Waals surface area contributed by atoms with Crippen molar-refractivity contribution in [3.8, 4) is 0 Å². The molecule has 364 valence electrons. The number of aliphatic carboxylic acids is 2. The van der Waals surface area contributed by atoms with E-state index in [2.05, 4.69) is 38.1 Å². The van der Waals surface area contributed by atoms with Gasteiger partial charge in [-0.15, -0.1) is 0 Å². The van der Waals surface area contributed by atoms with Gasteiger partial charge >= 0.3 is 60.8 Å². The van der Waals surface area contributed by atoms with Gasteiger partial charge in [-0.05, 0) is 101 Å². The van der Waals surface area contributed by atoms with Crippen LogP contribution in [-0.4, -0.2) is 97.2 Å². The van der Waals surface area contributed by atoms with E-state index < -0.39 is 11.9 Å². The number of benzene rings is 2. The van der Waals surface area contributed by atoms with Crippen LogP contribution in [0.25, 0.3) is 0 Å². The van der Waals surface area contributed by atoms with Crippen LogP contribution in [0, 0.1) is 0 Å². The minimum Gasteiger partial charge on any atom is -0.550 e. The molecule has 0 bridgehead atoms. The van der Waals surface area contributed by atoms with Crippen molar-refractivity contribution in [3.63, 3.8) is 0 Å². The van der Waals surface area contributed by atoms with Gasteiger partial charge in [0.05, 0.1) is 25.4 Å². The van der Waals surface area contributed by atoms with Crippen molar-refractivity contribution in [1.82, 2.24) is 0 Å². The standard InChI is InChI=1S/2C27H44O5.Ba/c2*1-3-4-5-12-17-25(31-22-24-15-10-9-11-16-24)20-21-26(32-23(2)28)18-13-7-6-8-14-19-27(29)30;/h2*9-11,15-16,25-26H,3-8,12-14,17-22H2,1-2H3,(H,29,30);/q;;+2/p-2. The number of carbonyl (C=O) groups excluding carboxylic acids is 4. The summed E-state index contributed by atoms with van der Waals surface area (Å²) in [6.45, 7) is 8.61. The molecule has 0 spiro atoms. The largest absolute Gasteiger partial charge is 2.00 e. The van der Waals surface area contributed by atoms with Crippen LogP contribution in [-0.2, 0) is 51.3 Å². The van der Waals surface area contributed by atoms with Gasteiger partial charge in [-0.25, -0.2) is 0 Å². The van der Waals surface area contributed by atoms with Crippen molar-refractivity contribution in [2.75, 3.05) is 0 Å². The van der Waals surface area contributed by atoms with Crippen molar-refractivity contribution >= 4 is 72.8 Å². The summed E-state index contributed by atoms with van der Waals surface area (Å²) in [7, 11) is 0. The average molecular weight is 1030 g/mol. The number of carbonyl (C=O) groups is 4. The summed E-state index contributed by atoms with van der Waals surface area (Å²) in [6.07, 6.45) is 26.6. The first kappa shape index (κ1) is 62.8. The first-order chi connectivity index (χ1) is 31.0. The topological polar surface area (TPSA) is 151 Å². The predicted octanol–water partition coefficient (Wildman–Crippen LogP) is 11.1. The van der Waals surface area contributed by atoms with Crippen molar-refractivity contribution in [1.29, 1.82) is 0 Å². The van der Waals surface area contributed by atoms with E-state index in [0.29, 0.717) is 26.1 Å². The van der Waals surface area contributed by atoms with Gasteiger partial charge in [-0.1, -0.05) is 164 Å².